The van der Waals surface area contributed by atoms with Crippen molar-refractivity contribution in [2.45, 2.75) is 30.9 Å². The molecule has 0 saturated carbocycles. The highest BCUT2D eigenvalue weighted by molar-refractivity contribution is 7.89. The van der Waals surface area contributed by atoms with E-state index in [1.807, 2.05) is 24.4 Å². The summed E-state index contributed by atoms with van der Waals surface area (Å²) in [6.45, 7) is 1.81. The number of nitrogens with zero attached hydrogens (tertiary/aromatic N) is 1. The first kappa shape index (κ1) is 16.2. The summed E-state index contributed by atoms with van der Waals surface area (Å²) in [5, 5.41) is 11.0. The highest BCUT2D eigenvalue weighted by Gasteiger charge is 2.25. The maximum Gasteiger partial charge on any atom is 0.243 e. The fourth-order valence-corrected chi connectivity index (χ4v) is 4.21. The Bertz CT molecular complexity index is 663. The van der Waals surface area contributed by atoms with Gasteiger partial charge < -0.3 is 5.11 Å². The molecule has 1 heterocycles. The van der Waals surface area contributed by atoms with E-state index in [0.29, 0.717) is 12.0 Å². The van der Waals surface area contributed by atoms with Crippen LogP contribution in [0.25, 0.3) is 0 Å². The van der Waals surface area contributed by atoms with Crippen LogP contribution >= 0.6 is 11.3 Å². The monoisotopic (exact) mass is 325 g/mol. The van der Waals surface area contributed by atoms with Crippen molar-refractivity contribution in [3.05, 3.63) is 52.2 Å². The van der Waals surface area contributed by atoms with Gasteiger partial charge >= 0.3 is 0 Å². The van der Waals surface area contributed by atoms with E-state index in [4.69, 9.17) is 5.11 Å². The van der Waals surface area contributed by atoms with Crippen LogP contribution < -0.4 is 0 Å². The summed E-state index contributed by atoms with van der Waals surface area (Å²) in [4.78, 5) is 1.42. The normalized spacial score (nSPS) is 13.5. The number of aliphatic hydroxyl groups excluding tert-OH is 1. The first-order valence-electron chi connectivity index (χ1n) is 6.65. The number of sulfonamides is 1. The molecule has 1 aromatic carbocycles. The lowest BCUT2D eigenvalue weighted by Gasteiger charge is -2.24. The molecule has 0 bridgehead atoms. The van der Waals surface area contributed by atoms with Gasteiger partial charge in [-0.05, 0) is 42.5 Å². The lowest BCUT2D eigenvalue weighted by atomic mass is 10.2. The highest BCUT2D eigenvalue weighted by Crippen LogP contribution is 2.20. The van der Waals surface area contributed by atoms with Crippen LogP contribution in [0.4, 0.5) is 0 Å². The van der Waals surface area contributed by atoms with Crippen LogP contribution in [0.3, 0.4) is 0 Å². The predicted molar refractivity (Wildman–Crippen MR) is 84.8 cm³/mol. The molecule has 0 saturated heterocycles. The second-order valence-electron chi connectivity index (χ2n) is 4.96. The van der Waals surface area contributed by atoms with Crippen LogP contribution in [0.5, 0.6) is 0 Å². The van der Waals surface area contributed by atoms with E-state index in [1.54, 1.807) is 30.5 Å². The molecule has 0 radical (unpaired) electrons. The molecule has 0 aliphatic rings. The van der Waals surface area contributed by atoms with Gasteiger partial charge in [0.15, 0.2) is 0 Å². The van der Waals surface area contributed by atoms with E-state index in [9.17, 15) is 8.42 Å². The number of benzene rings is 1. The predicted octanol–water partition coefficient (Wildman–Crippen LogP) is 2.49. The molecule has 1 N–H and O–H groups in total. The minimum atomic E-state index is -3.51. The van der Waals surface area contributed by atoms with Crippen molar-refractivity contribution in [3.8, 4) is 0 Å². The van der Waals surface area contributed by atoms with Gasteiger partial charge in [0, 0.05) is 18.0 Å². The average Bonchev–Trinajstić information content (AvgIpc) is 2.99. The van der Waals surface area contributed by atoms with Crippen molar-refractivity contribution < 1.29 is 13.5 Å². The molecule has 0 amide bonds. The van der Waals surface area contributed by atoms with E-state index in [-0.39, 0.29) is 17.5 Å². The van der Waals surface area contributed by atoms with E-state index in [2.05, 4.69) is 0 Å². The third-order valence-electron chi connectivity index (χ3n) is 3.48. The molecule has 1 aromatic heterocycles. The van der Waals surface area contributed by atoms with Crippen LogP contribution in [-0.4, -0.2) is 30.9 Å². The molecular weight excluding hydrogens is 306 g/mol. The van der Waals surface area contributed by atoms with Gasteiger partial charge in [-0.2, -0.15) is 4.31 Å². The maximum absolute atomic E-state index is 12.6. The fraction of sp³-hybridized carbons (Fsp3) is 0.333. The van der Waals surface area contributed by atoms with Crippen molar-refractivity contribution in [1.82, 2.24) is 4.31 Å². The molecule has 2 rings (SSSR count). The van der Waals surface area contributed by atoms with Crippen molar-refractivity contribution in [2.75, 3.05) is 7.05 Å². The third kappa shape index (κ3) is 3.71. The Hall–Kier alpha value is -1.21. The zero-order valence-corrected chi connectivity index (χ0v) is 13.7. The molecule has 114 valence electrons. The number of aliphatic hydroxyl groups is 1. The summed E-state index contributed by atoms with van der Waals surface area (Å²) in [6, 6.07) is 10.2. The molecule has 6 heteroatoms. The number of thiophene rings is 1. The lowest BCUT2D eigenvalue weighted by Crippen LogP contribution is -2.36. The number of likely N-dealkylation sites (N-methyl/N-ethyl adjacent to an activating group) is 1. The molecule has 1 atom stereocenters. The van der Waals surface area contributed by atoms with Crippen LogP contribution in [0.2, 0.25) is 0 Å². The minimum Gasteiger partial charge on any atom is -0.392 e. The summed E-state index contributed by atoms with van der Waals surface area (Å²) in [6.07, 6.45) is 0.697. The first-order chi connectivity index (χ1) is 9.95. The smallest absolute Gasteiger partial charge is 0.243 e. The Morgan fingerprint density at radius 2 is 1.90 bits per heavy atom. The zero-order chi connectivity index (χ0) is 15.5. The fourth-order valence-electron chi connectivity index (χ4n) is 2.02. The lowest BCUT2D eigenvalue weighted by molar-refractivity contribution is 0.281. The molecule has 21 heavy (non-hydrogen) atoms. The molecule has 1 unspecified atom stereocenters. The van der Waals surface area contributed by atoms with Crippen molar-refractivity contribution in [1.29, 1.82) is 0 Å². The number of hydrogen-bond donors (Lipinski definition) is 1. The molecule has 2 aromatic rings. The number of rotatable bonds is 6. The van der Waals surface area contributed by atoms with Crippen molar-refractivity contribution in [3.63, 3.8) is 0 Å². The Morgan fingerprint density at radius 3 is 2.43 bits per heavy atom. The first-order valence-corrected chi connectivity index (χ1v) is 8.97. The zero-order valence-electron chi connectivity index (χ0n) is 12.1. The van der Waals surface area contributed by atoms with Crippen LogP contribution in [0, 0.1) is 0 Å². The van der Waals surface area contributed by atoms with Gasteiger partial charge in [0.2, 0.25) is 10.0 Å². The summed E-state index contributed by atoms with van der Waals surface area (Å²) < 4.78 is 26.5. The topological polar surface area (TPSA) is 57.6 Å². The molecule has 0 aliphatic heterocycles. The van der Waals surface area contributed by atoms with Crippen molar-refractivity contribution >= 4 is 21.4 Å². The minimum absolute atomic E-state index is 0.0923. The van der Waals surface area contributed by atoms with Gasteiger partial charge in [0.05, 0.1) is 11.5 Å². The quantitative estimate of drug-likeness (QED) is 0.888. The van der Waals surface area contributed by atoms with E-state index < -0.39 is 10.0 Å². The molecule has 0 fully saturated rings. The standard InChI is InChI=1S/C15H19NO3S2/c1-12(10-14-4-3-9-20-14)16(2)21(18,19)15-7-5-13(11-17)6-8-15/h3-9,12,17H,10-11H2,1-2H3. The number of hydrogen-bond acceptors (Lipinski definition) is 4. The molecular formula is C15H19NO3S2. The Labute approximate surface area is 129 Å². The van der Waals surface area contributed by atoms with Crippen LogP contribution in [0.1, 0.15) is 17.4 Å². The molecule has 4 nitrogen and oxygen atoms in total. The maximum atomic E-state index is 12.6. The van der Waals surface area contributed by atoms with E-state index >= 15 is 0 Å². The van der Waals surface area contributed by atoms with Gasteiger partial charge in [0.1, 0.15) is 0 Å². The average molecular weight is 325 g/mol. The summed E-state index contributed by atoms with van der Waals surface area (Å²) in [5.41, 5.74) is 0.697. The SMILES string of the molecule is CC(Cc1cccs1)N(C)S(=O)(=O)c1ccc(CO)cc1. The highest BCUT2D eigenvalue weighted by atomic mass is 32.2. The van der Waals surface area contributed by atoms with E-state index in [1.165, 1.54) is 21.3 Å². The van der Waals surface area contributed by atoms with Gasteiger partial charge in [0.25, 0.3) is 0 Å². The van der Waals surface area contributed by atoms with Gasteiger partial charge in [-0.25, -0.2) is 8.42 Å². The van der Waals surface area contributed by atoms with Gasteiger partial charge in [-0.3, -0.25) is 0 Å². The summed E-state index contributed by atoms with van der Waals surface area (Å²) in [7, 11) is -1.91. The summed E-state index contributed by atoms with van der Waals surface area (Å²) in [5.74, 6) is 0. The summed E-state index contributed by atoms with van der Waals surface area (Å²) >= 11 is 1.63. The van der Waals surface area contributed by atoms with Crippen molar-refractivity contribution in [2.24, 2.45) is 0 Å². The Kier molecular flexibility index (Phi) is 5.16. The largest absolute Gasteiger partial charge is 0.392 e. The van der Waals surface area contributed by atoms with Gasteiger partial charge in [-0.1, -0.05) is 18.2 Å². The second-order valence-corrected chi connectivity index (χ2v) is 7.99. The van der Waals surface area contributed by atoms with E-state index in [0.717, 1.165) is 0 Å². The van der Waals surface area contributed by atoms with Crippen LogP contribution in [0.15, 0.2) is 46.7 Å². The Balaban J connectivity index is 2.16. The van der Waals surface area contributed by atoms with Crippen LogP contribution in [-0.2, 0) is 23.1 Å². The Morgan fingerprint density at radius 1 is 1.24 bits per heavy atom. The molecule has 0 aliphatic carbocycles. The van der Waals surface area contributed by atoms with Gasteiger partial charge in [-0.15, -0.1) is 11.3 Å². The second kappa shape index (κ2) is 6.70. The third-order valence-corrected chi connectivity index (χ3v) is 6.37. The molecule has 0 spiro atoms.